The van der Waals surface area contributed by atoms with Crippen molar-refractivity contribution in [2.75, 3.05) is 26.9 Å². The van der Waals surface area contributed by atoms with E-state index in [-0.39, 0.29) is 11.2 Å². The summed E-state index contributed by atoms with van der Waals surface area (Å²) in [6.07, 6.45) is 0.598. The Hall–Kier alpha value is 0.150. The molecular formula is C11H26NO2P. The van der Waals surface area contributed by atoms with E-state index < -0.39 is 7.37 Å². The van der Waals surface area contributed by atoms with Gasteiger partial charge in [0, 0.05) is 6.16 Å². The molecule has 0 aliphatic carbocycles. The SMILES string of the molecule is CCOP(=O)(CC)C(N(C)C)C(C)(C)C. The van der Waals surface area contributed by atoms with Crippen LogP contribution in [-0.4, -0.2) is 37.5 Å². The zero-order valence-electron chi connectivity index (χ0n) is 11.2. The number of hydrogen-bond acceptors (Lipinski definition) is 3. The fourth-order valence-corrected chi connectivity index (χ4v) is 5.26. The summed E-state index contributed by atoms with van der Waals surface area (Å²) in [6.45, 7) is 10.7. The van der Waals surface area contributed by atoms with Gasteiger partial charge in [-0.3, -0.25) is 9.46 Å². The third-order valence-corrected chi connectivity index (χ3v) is 5.98. The van der Waals surface area contributed by atoms with E-state index in [4.69, 9.17) is 4.52 Å². The van der Waals surface area contributed by atoms with Gasteiger partial charge in [-0.25, -0.2) is 0 Å². The molecule has 0 amide bonds. The standard InChI is InChI=1S/C11H26NO2P/c1-8-14-15(13,9-2)10(12(6)7)11(3,4)5/h10H,8-9H2,1-7H3. The molecule has 15 heavy (non-hydrogen) atoms. The van der Waals surface area contributed by atoms with E-state index in [0.717, 1.165) is 0 Å². The van der Waals surface area contributed by atoms with E-state index in [1.165, 1.54) is 0 Å². The van der Waals surface area contributed by atoms with Crippen molar-refractivity contribution in [2.24, 2.45) is 5.41 Å². The van der Waals surface area contributed by atoms with Gasteiger partial charge in [-0.2, -0.15) is 0 Å². The topological polar surface area (TPSA) is 29.5 Å². The lowest BCUT2D eigenvalue weighted by Gasteiger charge is -2.40. The molecule has 0 aromatic heterocycles. The third kappa shape index (κ3) is 3.90. The number of nitrogens with zero attached hydrogens (tertiary/aromatic N) is 1. The molecule has 0 rings (SSSR count). The summed E-state index contributed by atoms with van der Waals surface area (Å²) < 4.78 is 18.2. The van der Waals surface area contributed by atoms with Crippen LogP contribution in [0.3, 0.4) is 0 Å². The monoisotopic (exact) mass is 235 g/mol. The first-order valence-corrected chi connectivity index (χ1v) is 7.46. The van der Waals surface area contributed by atoms with Gasteiger partial charge in [0.2, 0.25) is 7.37 Å². The minimum atomic E-state index is -2.56. The summed E-state index contributed by atoms with van der Waals surface area (Å²) in [7, 11) is 1.38. The molecule has 3 nitrogen and oxygen atoms in total. The fourth-order valence-electron chi connectivity index (χ4n) is 2.27. The Kier molecular flexibility index (Phi) is 5.52. The van der Waals surface area contributed by atoms with Crippen LogP contribution in [0.2, 0.25) is 0 Å². The van der Waals surface area contributed by atoms with Gasteiger partial charge in [0.1, 0.15) is 0 Å². The highest BCUT2D eigenvalue weighted by atomic mass is 31.2. The van der Waals surface area contributed by atoms with Crippen LogP contribution < -0.4 is 0 Å². The van der Waals surface area contributed by atoms with E-state index in [0.29, 0.717) is 12.8 Å². The van der Waals surface area contributed by atoms with Crippen LogP contribution in [0.15, 0.2) is 0 Å². The van der Waals surface area contributed by atoms with E-state index in [1.807, 2.05) is 32.8 Å². The lowest BCUT2D eigenvalue weighted by molar-refractivity contribution is 0.190. The Morgan fingerprint density at radius 1 is 1.27 bits per heavy atom. The second-order valence-corrected chi connectivity index (χ2v) is 8.00. The van der Waals surface area contributed by atoms with Crippen molar-refractivity contribution in [3.8, 4) is 0 Å². The van der Waals surface area contributed by atoms with Crippen LogP contribution in [0.1, 0.15) is 34.6 Å². The molecule has 0 heterocycles. The van der Waals surface area contributed by atoms with Gasteiger partial charge in [0.05, 0.1) is 12.4 Å². The van der Waals surface area contributed by atoms with Crippen molar-refractivity contribution >= 4 is 7.37 Å². The first-order valence-electron chi connectivity index (χ1n) is 5.58. The zero-order chi connectivity index (χ0) is 12.3. The maximum Gasteiger partial charge on any atom is 0.219 e. The van der Waals surface area contributed by atoms with Crippen molar-refractivity contribution in [3.05, 3.63) is 0 Å². The summed E-state index contributed by atoms with van der Waals surface area (Å²) in [5.41, 5.74) is -0.0375. The van der Waals surface area contributed by atoms with Gasteiger partial charge >= 0.3 is 0 Å². The summed E-state index contributed by atoms with van der Waals surface area (Å²) >= 11 is 0. The Morgan fingerprint density at radius 3 is 1.93 bits per heavy atom. The molecule has 0 saturated heterocycles. The summed E-state index contributed by atoms with van der Waals surface area (Å²) in [5, 5.41) is 0. The van der Waals surface area contributed by atoms with E-state index in [9.17, 15) is 4.57 Å². The largest absolute Gasteiger partial charge is 0.328 e. The average molecular weight is 235 g/mol. The Labute approximate surface area is 94.6 Å². The quantitative estimate of drug-likeness (QED) is 0.685. The van der Waals surface area contributed by atoms with Crippen molar-refractivity contribution < 1.29 is 9.09 Å². The second-order valence-electron chi connectivity index (χ2n) is 5.16. The molecule has 4 heteroatoms. The van der Waals surface area contributed by atoms with Crippen LogP contribution in [0.4, 0.5) is 0 Å². The van der Waals surface area contributed by atoms with E-state index in [2.05, 4.69) is 20.8 Å². The smallest absolute Gasteiger partial charge is 0.219 e. The van der Waals surface area contributed by atoms with Gasteiger partial charge in [-0.05, 0) is 26.4 Å². The molecule has 0 aromatic carbocycles. The fraction of sp³-hybridized carbons (Fsp3) is 1.00. The Morgan fingerprint density at radius 2 is 1.73 bits per heavy atom. The molecule has 0 bridgehead atoms. The lowest BCUT2D eigenvalue weighted by Crippen LogP contribution is -2.40. The predicted octanol–water partition coefficient (Wildman–Crippen LogP) is 3.25. The molecule has 92 valence electrons. The van der Waals surface area contributed by atoms with Crippen LogP contribution in [-0.2, 0) is 9.09 Å². The minimum Gasteiger partial charge on any atom is -0.328 e. The molecule has 2 unspecified atom stereocenters. The Balaban J connectivity index is 5.13. The third-order valence-electron chi connectivity index (χ3n) is 2.42. The lowest BCUT2D eigenvalue weighted by atomic mass is 9.96. The molecule has 0 aliphatic rings. The highest BCUT2D eigenvalue weighted by Crippen LogP contribution is 2.57. The first-order chi connectivity index (χ1) is 6.69. The van der Waals surface area contributed by atoms with Crippen molar-refractivity contribution in [3.63, 3.8) is 0 Å². The normalized spacial score (nSPS) is 18.9. The molecule has 2 atom stereocenters. The summed E-state index contributed by atoms with van der Waals surface area (Å²) in [4.78, 5) is 2.03. The molecular weight excluding hydrogens is 209 g/mol. The number of rotatable bonds is 5. The summed E-state index contributed by atoms with van der Waals surface area (Å²) in [5.74, 6) is -0.0186. The van der Waals surface area contributed by atoms with Crippen LogP contribution in [0.5, 0.6) is 0 Å². The van der Waals surface area contributed by atoms with Gasteiger partial charge in [-0.15, -0.1) is 0 Å². The second kappa shape index (κ2) is 5.47. The van der Waals surface area contributed by atoms with Gasteiger partial charge < -0.3 is 4.52 Å². The molecule has 0 N–H and O–H groups in total. The number of hydrogen-bond donors (Lipinski definition) is 0. The van der Waals surface area contributed by atoms with Gasteiger partial charge in [0.25, 0.3) is 0 Å². The summed E-state index contributed by atoms with van der Waals surface area (Å²) in [6, 6.07) is 0. The van der Waals surface area contributed by atoms with Crippen molar-refractivity contribution in [1.82, 2.24) is 4.90 Å². The van der Waals surface area contributed by atoms with E-state index in [1.54, 1.807) is 0 Å². The molecule has 0 saturated carbocycles. The maximum atomic E-state index is 12.7. The minimum absolute atomic E-state index is 0.0186. The van der Waals surface area contributed by atoms with Gasteiger partial charge in [-0.1, -0.05) is 27.7 Å². The zero-order valence-corrected chi connectivity index (χ0v) is 12.1. The maximum absolute atomic E-state index is 12.7. The van der Waals surface area contributed by atoms with Gasteiger partial charge in [0.15, 0.2) is 0 Å². The highest BCUT2D eigenvalue weighted by molar-refractivity contribution is 7.59. The van der Waals surface area contributed by atoms with Crippen LogP contribution in [0, 0.1) is 5.41 Å². The molecule has 0 aromatic rings. The Bertz CT molecular complexity index is 233. The molecule has 0 fully saturated rings. The first kappa shape index (κ1) is 15.2. The predicted molar refractivity (Wildman–Crippen MR) is 66.7 cm³/mol. The van der Waals surface area contributed by atoms with Crippen LogP contribution >= 0.6 is 7.37 Å². The molecule has 0 radical (unpaired) electrons. The highest BCUT2D eigenvalue weighted by Gasteiger charge is 2.42. The van der Waals surface area contributed by atoms with Crippen molar-refractivity contribution in [2.45, 2.75) is 40.4 Å². The van der Waals surface area contributed by atoms with E-state index >= 15 is 0 Å². The molecule has 0 spiro atoms. The average Bonchev–Trinajstić information content (AvgIpc) is 2.00. The van der Waals surface area contributed by atoms with Crippen molar-refractivity contribution in [1.29, 1.82) is 0 Å². The molecule has 0 aliphatic heterocycles. The van der Waals surface area contributed by atoms with Crippen LogP contribution in [0.25, 0.3) is 0 Å².